The van der Waals surface area contributed by atoms with Crippen molar-refractivity contribution < 1.29 is 4.39 Å². The summed E-state index contributed by atoms with van der Waals surface area (Å²) in [5.41, 5.74) is 1.93. The summed E-state index contributed by atoms with van der Waals surface area (Å²) in [6.45, 7) is 2.18. The summed E-state index contributed by atoms with van der Waals surface area (Å²) in [5, 5.41) is 3.35. The van der Waals surface area contributed by atoms with Crippen LogP contribution in [0.3, 0.4) is 0 Å². The molecule has 1 unspecified atom stereocenters. The van der Waals surface area contributed by atoms with Gasteiger partial charge in [0.25, 0.3) is 0 Å². The van der Waals surface area contributed by atoms with E-state index in [4.69, 9.17) is 0 Å². The van der Waals surface area contributed by atoms with Gasteiger partial charge >= 0.3 is 0 Å². The fraction of sp³-hybridized carbons (Fsp3) is 0.357. The molecule has 0 bridgehead atoms. The van der Waals surface area contributed by atoms with Crippen molar-refractivity contribution in [2.45, 2.75) is 12.8 Å². The van der Waals surface area contributed by atoms with Gasteiger partial charge < -0.3 is 10.3 Å². The molecule has 3 rings (SSSR count). The molecule has 2 heterocycles. The van der Waals surface area contributed by atoms with Crippen LogP contribution in [-0.4, -0.2) is 23.1 Å². The number of rotatable bonds is 3. The zero-order valence-corrected chi connectivity index (χ0v) is 10.1. The summed E-state index contributed by atoms with van der Waals surface area (Å²) >= 11 is 0. The van der Waals surface area contributed by atoms with Crippen LogP contribution in [0.4, 0.5) is 4.39 Å². The largest absolute Gasteiger partial charge is 0.342 e. The van der Waals surface area contributed by atoms with Crippen molar-refractivity contribution in [2.75, 3.05) is 13.1 Å². The standard InChI is InChI=1S/C14H16FN3/c15-12-3-1-11(2-4-12)13-9-17-14(18-13)7-10-5-6-16-8-10/h1-4,9-10,16H,5-8H2,(H,17,18). The first-order chi connectivity index (χ1) is 8.81. The first-order valence-corrected chi connectivity index (χ1v) is 6.32. The van der Waals surface area contributed by atoms with Gasteiger partial charge in [0, 0.05) is 6.42 Å². The Balaban J connectivity index is 1.74. The minimum Gasteiger partial charge on any atom is -0.342 e. The van der Waals surface area contributed by atoms with Crippen LogP contribution in [0.1, 0.15) is 12.2 Å². The quantitative estimate of drug-likeness (QED) is 0.871. The van der Waals surface area contributed by atoms with E-state index in [0.29, 0.717) is 5.92 Å². The maximum Gasteiger partial charge on any atom is 0.123 e. The predicted octanol–water partition coefficient (Wildman–Crippen LogP) is 2.37. The molecule has 1 aliphatic heterocycles. The second kappa shape index (κ2) is 4.90. The lowest BCUT2D eigenvalue weighted by Crippen LogP contribution is -2.11. The van der Waals surface area contributed by atoms with Gasteiger partial charge in [-0.1, -0.05) is 0 Å². The number of aromatic amines is 1. The van der Waals surface area contributed by atoms with E-state index in [9.17, 15) is 4.39 Å². The van der Waals surface area contributed by atoms with Gasteiger partial charge in [-0.05, 0) is 55.3 Å². The summed E-state index contributed by atoms with van der Waals surface area (Å²) in [5.74, 6) is 1.48. The molecule has 18 heavy (non-hydrogen) atoms. The van der Waals surface area contributed by atoms with Gasteiger partial charge in [-0.15, -0.1) is 0 Å². The topological polar surface area (TPSA) is 40.7 Å². The van der Waals surface area contributed by atoms with Crippen LogP contribution in [0.15, 0.2) is 30.5 Å². The Morgan fingerprint density at radius 1 is 1.28 bits per heavy atom. The third-order valence-electron chi connectivity index (χ3n) is 3.43. The highest BCUT2D eigenvalue weighted by atomic mass is 19.1. The van der Waals surface area contributed by atoms with Crippen molar-refractivity contribution in [3.8, 4) is 11.3 Å². The van der Waals surface area contributed by atoms with Crippen LogP contribution >= 0.6 is 0 Å². The highest BCUT2D eigenvalue weighted by Crippen LogP contribution is 2.19. The Morgan fingerprint density at radius 3 is 2.83 bits per heavy atom. The number of aromatic nitrogens is 2. The van der Waals surface area contributed by atoms with Crippen molar-refractivity contribution in [1.29, 1.82) is 0 Å². The molecule has 1 fully saturated rings. The Hall–Kier alpha value is -1.68. The molecule has 1 saturated heterocycles. The minimum atomic E-state index is -0.212. The van der Waals surface area contributed by atoms with Crippen LogP contribution < -0.4 is 5.32 Å². The molecule has 2 aromatic rings. The van der Waals surface area contributed by atoms with E-state index in [-0.39, 0.29) is 5.82 Å². The summed E-state index contributed by atoms with van der Waals surface area (Å²) in [4.78, 5) is 7.72. The molecule has 4 heteroatoms. The second-order valence-electron chi connectivity index (χ2n) is 4.81. The molecule has 2 N–H and O–H groups in total. The molecule has 1 atom stereocenters. The lowest BCUT2D eigenvalue weighted by atomic mass is 10.1. The Bertz CT molecular complexity index is 512. The van der Waals surface area contributed by atoms with Crippen molar-refractivity contribution >= 4 is 0 Å². The monoisotopic (exact) mass is 245 g/mol. The average Bonchev–Trinajstić information content (AvgIpc) is 3.02. The number of H-pyrrole nitrogens is 1. The van der Waals surface area contributed by atoms with Crippen LogP contribution in [0.2, 0.25) is 0 Å². The van der Waals surface area contributed by atoms with E-state index in [1.54, 1.807) is 12.1 Å². The molecule has 1 aliphatic rings. The van der Waals surface area contributed by atoms with E-state index in [1.165, 1.54) is 18.6 Å². The number of halogens is 1. The molecule has 3 nitrogen and oxygen atoms in total. The number of hydrogen-bond acceptors (Lipinski definition) is 2. The van der Waals surface area contributed by atoms with Crippen LogP contribution in [0, 0.1) is 11.7 Å². The minimum absolute atomic E-state index is 0.212. The molecule has 0 saturated carbocycles. The van der Waals surface area contributed by atoms with Crippen LogP contribution in [0.25, 0.3) is 11.3 Å². The number of nitrogens with one attached hydrogen (secondary N) is 2. The van der Waals surface area contributed by atoms with E-state index in [1.807, 2.05) is 6.20 Å². The SMILES string of the molecule is Fc1ccc(-c2cnc(CC3CCNC3)[nH]2)cc1. The van der Waals surface area contributed by atoms with E-state index < -0.39 is 0 Å². The van der Waals surface area contributed by atoms with Gasteiger partial charge in [-0.2, -0.15) is 0 Å². The third kappa shape index (κ3) is 2.43. The Morgan fingerprint density at radius 2 is 2.11 bits per heavy atom. The smallest absolute Gasteiger partial charge is 0.123 e. The summed E-state index contributed by atoms with van der Waals surface area (Å²) in [7, 11) is 0. The number of imidazole rings is 1. The Labute approximate surface area is 105 Å². The third-order valence-corrected chi connectivity index (χ3v) is 3.43. The van der Waals surface area contributed by atoms with E-state index in [2.05, 4.69) is 15.3 Å². The average molecular weight is 245 g/mol. The van der Waals surface area contributed by atoms with E-state index in [0.717, 1.165) is 36.6 Å². The van der Waals surface area contributed by atoms with Crippen LogP contribution in [-0.2, 0) is 6.42 Å². The molecule has 0 radical (unpaired) electrons. The molecule has 1 aromatic heterocycles. The van der Waals surface area contributed by atoms with Crippen molar-refractivity contribution in [2.24, 2.45) is 5.92 Å². The van der Waals surface area contributed by atoms with Gasteiger partial charge in [-0.25, -0.2) is 9.37 Å². The first-order valence-electron chi connectivity index (χ1n) is 6.32. The zero-order chi connectivity index (χ0) is 12.4. The van der Waals surface area contributed by atoms with Gasteiger partial charge in [0.15, 0.2) is 0 Å². The maximum absolute atomic E-state index is 12.8. The molecular formula is C14H16FN3. The van der Waals surface area contributed by atoms with Crippen molar-refractivity contribution in [3.63, 3.8) is 0 Å². The fourth-order valence-corrected chi connectivity index (χ4v) is 2.40. The Kier molecular flexibility index (Phi) is 3.11. The molecule has 0 aliphatic carbocycles. The summed E-state index contributed by atoms with van der Waals surface area (Å²) in [6, 6.07) is 6.47. The zero-order valence-electron chi connectivity index (χ0n) is 10.1. The van der Waals surface area contributed by atoms with Gasteiger partial charge in [0.05, 0.1) is 11.9 Å². The molecule has 0 spiro atoms. The van der Waals surface area contributed by atoms with Crippen LogP contribution in [0.5, 0.6) is 0 Å². The highest BCUT2D eigenvalue weighted by Gasteiger charge is 2.16. The summed E-state index contributed by atoms with van der Waals surface area (Å²) < 4.78 is 12.8. The lowest BCUT2D eigenvalue weighted by Gasteiger charge is -2.04. The molecule has 1 aromatic carbocycles. The van der Waals surface area contributed by atoms with E-state index >= 15 is 0 Å². The number of nitrogens with zero attached hydrogens (tertiary/aromatic N) is 1. The number of benzene rings is 1. The normalized spacial score (nSPS) is 19.3. The fourth-order valence-electron chi connectivity index (χ4n) is 2.40. The van der Waals surface area contributed by atoms with Crippen molar-refractivity contribution in [3.05, 3.63) is 42.1 Å². The number of hydrogen-bond donors (Lipinski definition) is 2. The highest BCUT2D eigenvalue weighted by molar-refractivity contribution is 5.58. The van der Waals surface area contributed by atoms with Gasteiger partial charge in [0.1, 0.15) is 11.6 Å². The first kappa shape index (κ1) is 11.4. The van der Waals surface area contributed by atoms with Crippen molar-refractivity contribution in [1.82, 2.24) is 15.3 Å². The summed E-state index contributed by atoms with van der Waals surface area (Å²) in [6.07, 6.45) is 4.02. The molecule has 94 valence electrons. The molecular weight excluding hydrogens is 229 g/mol. The maximum atomic E-state index is 12.8. The predicted molar refractivity (Wildman–Crippen MR) is 68.7 cm³/mol. The van der Waals surface area contributed by atoms with Gasteiger partial charge in [-0.3, -0.25) is 0 Å². The van der Waals surface area contributed by atoms with Gasteiger partial charge in [0.2, 0.25) is 0 Å². The molecule has 0 amide bonds. The second-order valence-corrected chi connectivity index (χ2v) is 4.81. The lowest BCUT2D eigenvalue weighted by molar-refractivity contribution is 0.565.